The fourth-order valence-corrected chi connectivity index (χ4v) is 5.42. The summed E-state index contributed by atoms with van der Waals surface area (Å²) in [5.41, 5.74) is 8.62. The third kappa shape index (κ3) is 5.59. The summed E-state index contributed by atoms with van der Waals surface area (Å²) in [6, 6.07) is 22.5. The van der Waals surface area contributed by atoms with E-state index in [1.54, 1.807) is 11.7 Å². The van der Waals surface area contributed by atoms with Gasteiger partial charge in [0.25, 0.3) is 5.56 Å². The highest BCUT2D eigenvalue weighted by molar-refractivity contribution is 6.05. The first kappa shape index (κ1) is 25.1. The third-order valence-corrected chi connectivity index (χ3v) is 7.44. The Morgan fingerprint density at radius 2 is 1.78 bits per heavy atom. The molecule has 1 fully saturated rings. The van der Waals surface area contributed by atoms with Crippen LogP contribution in [-0.2, 0) is 24.4 Å². The Hall–Kier alpha value is -3.52. The van der Waals surface area contributed by atoms with Crippen LogP contribution in [0.1, 0.15) is 34.3 Å². The second-order valence-electron chi connectivity index (χ2n) is 9.83. The summed E-state index contributed by atoms with van der Waals surface area (Å²) < 4.78 is 7.02. The first-order chi connectivity index (χ1) is 18.0. The third-order valence-electron chi connectivity index (χ3n) is 7.44. The molecule has 0 unspecified atom stereocenters. The van der Waals surface area contributed by atoms with Gasteiger partial charge in [-0.05, 0) is 53.9 Å². The molecule has 0 radical (unpaired) electrons. The minimum atomic E-state index is -0.591. The number of likely N-dealkylation sites (tertiary alicyclic amines) is 1. The van der Waals surface area contributed by atoms with Crippen LogP contribution in [0, 0.1) is 0 Å². The molecule has 0 aliphatic carbocycles. The monoisotopic (exact) mass is 498 g/mol. The number of hydrogen-bond donors (Lipinski definition) is 2. The maximum absolute atomic E-state index is 13.0. The lowest BCUT2D eigenvalue weighted by atomic mass is 10.0. The molecule has 192 valence electrons. The lowest BCUT2D eigenvalue weighted by molar-refractivity contribution is 0.100. The van der Waals surface area contributed by atoms with E-state index in [2.05, 4.69) is 52.7 Å². The van der Waals surface area contributed by atoms with Crippen LogP contribution in [0.4, 0.5) is 0 Å². The summed E-state index contributed by atoms with van der Waals surface area (Å²) in [6.45, 7) is 4.59. The van der Waals surface area contributed by atoms with E-state index in [-0.39, 0.29) is 11.1 Å². The largest absolute Gasteiger partial charge is 0.380 e. The number of primary amides is 1. The number of methoxy groups -OCH3 is 1. The van der Waals surface area contributed by atoms with Crippen LogP contribution in [0.3, 0.4) is 0 Å². The molecule has 5 rings (SSSR count). The molecule has 1 aliphatic heterocycles. The SMILES string of the molecule is COCc1ccc2c(C(N)=O)cc(=O)n(CCN3CCC(NCc4cccc5ccccc45)CC3)c2c1. The van der Waals surface area contributed by atoms with E-state index in [4.69, 9.17) is 10.5 Å². The number of aromatic nitrogens is 1. The van der Waals surface area contributed by atoms with Crippen LogP contribution in [-0.4, -0.2) is 48.2 Å². The fraction of sp³-hybridized carbons (Fsp3) is 0.333. The molecule has 7 nitrogen and oxygen atoms in total. The van der Waals surface area contributed by atoms with Crippen LogP contribution in [0.2, 0.25) is 0 Å². The molecule has 1 aliphatic rings. The molecule has 1 aromatic heterocycles. The number of ether oxygens (including phenoxy) is 1. The molecular formula is C30H34N4O3. The van der Waals surface area contributed by atoms with Gasteiger partial charge in [0.2, 0.25) is 5.91 Å². The van der Waals surface area contributed by atoms with Gasteiger partial charge in [-0.3, -0.25) is 9.59 Å². The van der Waals surface area contributed by atoms with Crippen LogP contribution < -0.4 is 16.6 Å². The zero-order chi connectivity index (χ0) is 25.8. The van der Waals surface area contributed by atoms with Crippen molar-refractivity contribution < 1.29 is 9.53 Å². The summed E-state index contributed by atoms with van der Waals surface area (Å²) in [7, 11) is 1.64. The Balaban J connectivity index is 1.22. The highest BCUT2D eigenvalue weighted by Crippen LogP contribution is 2.21. The van der Waals surface area contributed by atoms with E-state index in [1.165, 1.54) is 22.4 Å². The number of rotatable bonds is 9. The Morgan fingerprint density at radius 1 is 1.00 bits per heavy atom. The van der Waals surface area contributed by atoms with Crippen molar-refractivity contribution >= 4 is 27.6 Å². The number of carbonyl (C=O) groups excluding carboxylic acids is 1. The Morgan fingerprint density at radius 3 is 2.57 bits per heavy atom. The van der Waals surface area contributed by atoms with Crippen molar-refractivity contribution in [1.29, 1.82) is 0 Å². The Bertz CT molecular complexity index is 1470. The molecule has 3 aromatic carbocycles. The maximum atomic E-state index is 13.0. The van der Waals surface area contributed by atoms with Gasteiger partial charge in [-0.25, -0.2) is 0 Å². The molecule has 37 heavy (non-hydrogen) atoms. The molecule has 0 spiro atoms. The normalized spacial score (nSPS) is 14.9. The molecule has 1 saturated heterocycles. The minimum Gasteiger partial charge on any atom is -0.380 e. The Labute approximate surface area is 216 Å². The van der Waals surface area contributed by atoms with Crippen molar-refractivity contribution in [3.05, 3.63) is 93.8 Å². The van der Waals surface area contributed by atoms with Crippen LogP contribution >= 0.6 is 0 Å². The number of carbonyl (C=O) groups is 1. The molecule has 2 heterocycles. The first-order valence-corrected chi connectivity index (χ1v) is 12.9. The van der Waals surface area contributed by atoms with Crippen molar-refractivity contribution in [2.24, 2.45) is 5.73 Å². The summed E-state index contributed by atoms with van der Waals surface area (Å²) in [5.74, 6) is -0.591. The van der Waals surface area contributed by atoms with Gasteiger partial charge in [0.1, 0.15) is 0 Å². The number of nitrogens with zero attached hydrogens (tertiary/aromatic N) is 2. The van der Waals surface area contributed by atoms with Crippen LogP contribution in [0.5, 0.6) is 0 Å². The summed E-state index contributed by atoms with van der Waals surface area (Å²) in [4.78, 5) is 27.3. The topological polar surface area (TPSA) is 89.6 Å². The van der Waals surface area contributed by atoms with Gasteiger partial charge < -0.3 is 25.3 Å². The number of nitrogens with two attached hydrogens (primary N) is 1. The number of pyridine rings is 1. The molecule has 0 atom stereocenters. The average Bonchev–Trinajstić information content (AvgIpc) is 2.91. The zero-order valence-corrected chi connectivity index (χ0v) is 21.3. The number of hydrogen-bond acceptors (Lipinski definition) is 5. The smallest absolute Gasteiger partial charge is 0.251 e. The van der Waals surface area contributed by atoms with Gasteiger partial charge in [0.15, 0.2) is 0 Å². The number of benzene rings is 3. The standard InChI is InChI=1S/C30H34N4O3/c1-37-20-21-9-10-26-27(30(31)36)18-29(35)34(28(26)17-21)16-15-33-13-11-24(12-14-33)32-19-23-7-4-6-22-5-2-3-8-25(22)23/h2-10,17-18,24,32H,11-16,19-20H2,1H3,(H2,31,36). The van der Waals surface area contributed by atoms with Crippen molar-refractivity contribution in [2.75, 3.05) is 26.7 Å². The summed E-state index contributed by atoms with van der Waals surface area (Å²) in [6.07, 6.45) is 2.14. The van der Waals surface area contributed by atoms with E-state index in [9.17, 15) is 9.59 Å². The number of piperidine rings is 1. The predicted molar refractivity (Wildman–Crippen MR) is 148 cm³/mol. The van der Waals surface area contributed by atoms with Gasteiger partial charge in [-0.1, -0.05) is 54.6 Å². The van der Waals surface area contributed by atoms with Crippen molar-refractivity contribution in [3.8, 4) is 0 Å². The second-order valence-corrected chi connectivity index (χ2v) is 9.83. The predicted octanol–water partition coefficient (Wildman–Crippen LogP) is 3.65. The van der Waals surface area contributed by atoms with Gasteiger partial charge in [0, 0.05) is 44.2 Å². The first-order valence-electron chi connectivity index (χ1n) is 12.9. The highest BCUT2D eigenvalue weighted by Gasteiger charge is 2.20. The summed E-state index contributed by atoms with van der Waals surface area (Å²) >= 11 is 0. The quantitative estimate of drug-likeness (QED) is 0.368. The highest BCUT2D eigenvalue weighted by atomic mass is 16.5. The van der Waals surface area contributed by atoms with Gasteiger partial charge >= 0.3 is 0 Å². The number of amides is 1. The average molecular weight is 499 g/mol. The van der Waals surface area contributed by atoms with Crippen molar-refractivity contribution in [2.45, 2.75) is 38.6 Å². The van der Waals surface area contributed by atoms with Crippen LogP contribution in [0.25, 0.3) is 21.7 Å². The molecule has 4 aromatic rings. The van der Waals surface area contributed by atoms with E-state index in [0.717, 1.165) is 50.1 Å². The van der Waals surface area contributed by atoms with Gasteiger partial charge in [0.05, 0.1) is 17.7 Å². The maximum Gasteiger partial charge on any atom is 0.251 e. The van der Waals surface area contributed by atoms with Gasteiger partial charge in [-0.2, -0.15) is 0 Å². The van der Waals surface area contributed by atoms with E-state index < -0.39 is 5.91 Å². The van der Waals surface area contributed by atoms with Gasteiger partial charge in [-0.15, -0.1) is 0 Å². The molecule has 0 saturated carbocycles. The summed E-state index contributed by atoms with van der Waals surface area (Å²) in [5, 5.41) is 7.04. The van der Waals surface area contributed by atoms with Crippen molar-refractivity contribution in [1.82, 2.24) is 14.8 Å². The molecule has 0 bridgehead atoms. The molecular weight excluding hydrogens is 464 g/mol. The minimum absolute atomic E-state index is 0.206. The lowest BCUT2D eigenvalue weighted by Gasteiger charge is -2.32. The number of nitrogens with one attached hydrogen (secondary N) is 1. The van der Waals surface area contributed by atoms with E-state index in [0.29, 0.717) is 24.6 Å². The fourth-order valence-electron chi connectivity index (χ4n) is 5.42. The zero-order valence-electron chi connectivity index (χ0n) is 21.3. The molecule has 7 heteroatoms. The van der Waals surface area contributed by atoms with Crippen molar-refractivity contribution in [3.63, 3.8) is 0 Å². The van der Waals surface area contributed by atoms with Crippen LogP contribution in [0.15, 0.2) is 71.5 Å². The Kier molecular flexibility index (Phi) is 7.65. The number of fused-ring (bicyclic) bond motifs is 2. The molecule has 3 N–H and O–H groups in total. The second kappa shape index (κ2) is 11.3. The van der Waals surface area contributed by atoms with E-state index >= 15 is 0 Å². The lowest BCUT2D eigenvalue weighted by Crippen LogP contribution is -2.43. The van der Waals surface area contributed by atoms with E-state index in [1.807, 2.05) is 18.2 Å². The molecule has 1 amide bonds.